The Labute approximate surface area is 124 Å². The minimum atomic E-state index is -2.86. The van der Waals surface area contributed by atoms with E-state index in [1.165, 1.54) is 0 Å². The first-order valence-electron chi connectivity index (χ1n) is 6.98. The molecule has 2 heterocycles. The molecule has 0 saturated carbocycles. The van der Waals surface area contributed by atoms with Crippen LogP contribution in [0.3, 0.4) is 0 Å². The van der Waals surface area contributed by atoms with Crippen molar-refractivity contribution in [2.45, 2.75) is 19.0 Å². The first-order chi connectivity index (χ1) is 10.1. The van der Waals surface area contributed by atoms with E-state index in [1.54, 1.807) is 7.11 Å². The van der Waals surface area contributed by atoms with Crippen molar-refractivity contribution in [1.29, 1.82) is 0 Å². The van der Waals surface area contributed by atoms with Gasteiger partial charge in [0.1, 0.15) is 13.2 Å². The number of benzene rings is 1. The third-order valence-corrected chi connectivity index (χ3v) is 5.48. The monoisotopic (exact) mass is 313 g/mol. The molecule has 1 saturated heterocycles. The van der Waals surface area contributed by atoms with Crippen molar-refractivity contribution in [3.8, 4) is 17.2 Å². The number of methoxy groups -OCH3 is 1. The smallest absolute Gasteiger partial charge is 0.203 e. The topological polar surface area (TPSA) is 73.9 Å². The molecule has 1 unspecified atom stereocenters. The zero-order valence-corrected chi connectivity index (χ0v) is 12.7. The van der Waals surface area contributed by atoms with Crippen LogP contribution in [0.15, 0.2) is 12.1 Å². The standard InChI is InChI=1S/C14H19NO5S/c1-18-12-6-10(7-13-14(12)20-4-3-19-13)8-15-11-2-5-21(16,17)9-11/h6-7,11,15H,2-5,8-9H2,1H3. The maximum Gasteiger partial charge on any atom is 0.203 e. The van der Waals surface area contributed by atoms with Crippen LogP contribution in [-0.2, 0) is 16.4 Å². The predicted octanol–water partition coefficient (Wildman–Crippen LogP) is 0.743. The van der Waals surface area contributed by atoms with Crippen LogP contribution in [0.25, 0.3) is 0 Å². The highest BCUT2D eigenvalue weighted by molar-refractivity contribution is 7.91. The lowest BCUT2D eigenvalue weighted by Gasteiger charge is -2.22. The lowest BCUT2D eigenvalue weighted by atomic mass is 10.1. The fourth-order valence-electron chi connectivity index (χ4n) is 2.65. The van der Waals surface area contributed by atoms with Crippen LogP contribution < -0.4 is 19.5 Å². The van der Waals surface area contributed by atoms with Crippen molar-refractivity contribution in [3.63, 3.8) is 0 Å². The summed E-state index contributed by atoms with van der Waals surface area (Å²) in [4.78, 5) is 0. The number of hydrogen-bond acceptors (Lipinski definition) is 6. The molecule has 0 amide bonds. The molecule has 7 heteroatoms. The Kier molecular flexibility index (Phi) is 3.95. The van der Waals surface area contributed by atoms with Gasteiger partial charge in [-0.2, -0.15) is 0 Å². The summed E-state index contributed by atoms with van der Waals surface area (Å²) in [7, 11) is -1.27. The molecule has 0 spiro atoms. The first-order valence-corrected chi connectivity index (χ1v) is 8.80. The number of rotatable bonds is 4. The summed E-state index contributed by atoms with van der Waals surface area (Å²) in [6.07, 6.45) is 0.671. The van der Waals surface area contributed by atoms with E-state index in [1.807, 2.05) is 12.1 Å². The van der Waals surface area contributed by atoms with Gasteiger partial charge in [0.05, 0.1) is 18.6 Å². The van der Waals surface area contributed by atoms with Crippen molar-refractivity contribution < 1.29 is 22.6 Å². The van der Waals surface area contributed by atoms with Gasteiger partial charge in [0.15, 0.2) is 21.3 Å². The van der Waals surface area contributed by atoms with Gasteiger partial charge in [0.25, 0.3) is 0 Å². The van der Waals surface area contributed by atoms with Crippen LogP contribution in [0.1, 0.15) is 12.0 Å². The molecule has 116 valence electrons. The first kappa shape index (κ1) is 14.5. The summed E-state index contributed by atoms with van der Waals surface area (Å²) in [5.74, 6) is 2.44. The minimum Gasteiger partial charge on any atom is -0.493 e. The van der Waals surface area contributed by atoms with Gasteiger partial charge in [-0.1, -0.05) is 0 Å². The molecule has 0 aliphatic carbocycles. The lowest BCUT2D eigenvalue weighted by molar-refractivity contribution is 0.165. The normalized spacial score (nSPS) is 23.0. The molecule has 0 radical (unpaired) electrons. The predicted molar refractivity (Wildman–Crippen MR) is 77.9 cm³/mol. The zero-order valence-electron chi connectivity index (χ0n) is 11.9. The lowest BCUT2D eigenvalue weighted by Crippen LogP contribution is -2.29. The maximum absolute atomic E-state index is 11.4. The summed E-state index contributed by atoms with van der Waals surface area (Å²) < 4.78 is 39.4. The van der Waals surface area contributed by atoms with Crippen LogP contribution in [0.2, 0.25) is 0 Å². The Balaban J connectivity index is 1.71. The Morgan fingerprint density at radius 3 is 2.86 bits per heavy atom. The average Bonchev–Trinajstić information content (AvgIpc) is 2.83. The van der Waals surface area contributed by atoms with E-state index in [-0.39, 0.29) is 17.5 Å². The van der Waals surface area contributed by atoms with Gasteiger partial charge in [0.2, 0.25) is 5.75 Å². The van der Waals surface area contributed by atoms with Crippen LogP contribution in [0.4, 0.5) is 0 Å². The highest BCUT2D eigenvalue weighted by Crippen LogP contribution is 2.40. The Morgan fingerprint density at radius 2 is 2.14 bits per heavy atom. The molecule has 1 N–H and O–H groups in total. The van der Waals surface area contributed by atoms with E-state index in [4.69, 9.17) is 14.2 Å². The van der Waals surface area contributed by atoms with Crippen LogP contribution >= 0.6 is 0 Å². The summed E-state index contributed by atoms with van der Waals surface area (Å²) in [5.41, 5.74) is 0.986. The molecule has 1 fully saturated rings. The molecule has 1 aromatic rings. The number of hydrogen-bond donors (Lipinski definition) is 1. The zero-order chi connectivity index (χ0) is 14.9. The molecule has 6 nitrogen and oxygen atoms in total. The molecule has 2 aliphatic rings. The Morgan fingerprint density at radius 1 is 1.33 bits per heavy atom. The van der Waals surface area contributed by atoms with Crippen molar-refractivity contribution in [2.24, 2.45) is 0 Å². The highest BCUT2D eigenvalue weighted by atomic mass is 32.2. The van der Waals surface area contributed by atoms with Gasteiger partial charge in [0, 0.05) is 12.6 Å². The van der Waals surface area contributed by atoms with E-state index >= 15 is 0 Å². The summed E-state index contributed by atoms with van der Waals surface area (Å²) in [6.45, 7) is 1.61. The van der Waals surface area contributed by atoms with Crippen molar-refractivity contribution in [1.82, 2.24) is 5.32 Å². The van der Waals surface area contributed by atoms with E-state index in [0.717, 1.165) is 5.56 Å². The number of ether oxygens (including phenoxy) is 3. The van der Waals surface area contributed by atoms with Gasteiger partial charge in [-0.05, 0) is 24.1 Å². The van der Waals surface area contributed by atoms with E-state index in [2.05, 4.69) is 5.32 Å². The molecular formula is C14H19NO5S. The summed E-state index contributed by atoms with van der Waals surface area (Å²) in [6, 6.07) is 3.83. The maximum atomic E-state index is 11.4. The van der Waals surface area contributed by atoms with Gasteiger partial charge in [-0.25, -0.2) is 8.42 Å². The third-order valence-electron chi connectivity index (χ3n) is 3.72. The molecule has 21 heavy (non-hydrogen) atoms. The van der Waals surface area contributed by atoms with Crippen LogP contribution in [-0.4, -0.2) is 46.3 Å². The number of nitrogens with one attached hydrogen (secondary N) is 1. The van der Waals surface area contributed by atoms with Crippen LogP contribution in [0, 0.1) is 0 Å². The second-order valence-electron chi connectivity index (χ2n) is 5.30. The minimum absolute atomic E-state index is 0.0224. The fraction of sp³-hybridized carbons (Fsp3) is 0.571. The molecular weight excluding hydrogens is 294 g/mol. The number of fused-ring (bicyclic) bond motifs is 1. The summed E-state index contributed by atoms with van der Waals surface area (Å²) >= 11 is 0. The quantitative estimate of drug-likeness (QED) is 0.884. The Hall–Kier alpha value is -1.47. The van der Waals surface area contributed by atoms with Crippen molar-refractivity contribution in [3.05, 3.63) is 17.7 Å². The van der Waals surface area contributed by atoms with Crippen molar-refractivity contribution >= 4 is 9.84 Å². The Bertz CT molecular complexity index is 611. The largest absolute Gasteiger partial charge is 0.493 e. The SMILES string of the molecule is COc1cc(CNC2CCS(=O)(=O)C2)cc2c1OCCO2. The summed E-state index contributed by atoms with van der Waals surface area (Å²) in [5, 5.41) is 3.28. The number of sulfone groups is 1. The average molecular weight is 313 g/mol. The van der Waals surface area contributed by atoms with E-state index in [9.17, 15) is 8.42 Å². The van der Waals surface area contributed by atoms with Crippen LogP contribution in [0.5, 0.6) is 17.2 Å². The molecule has 0 bridgehead atoms. The second kappa shape index (κ2) is 5.73. The van der Waals surface area contributed by atoms with Gasteiger partial charge < -0.3 is 19.5 Å². The fourth-order valence-corrected chi connectivity index (χ4v) is 4.36. The molecule has 0 aromatic heterocycles. The molecule has 2 aliphatic heterocycles. The molecule has 1 atom stereocenters. The van der Waals surface area contributed by atoms with Gasteiger partial charge in [-0.3, -0.25) is 0 Å². The second-order valence-corrected chi connectivity index (χ2v) is 7.53. The highest BCUT2D eigenvalue weighted by Gasteiger charge is 2.27. The van der Waals surface area contributed by atoms with Gasteiger partial charge in [-0.15, -0.1) is 0 Å². The van der Waals surface area contributed by atoms with Crippen molar-refractivity contribution in [2.75, 3.05) is 31.8 Å². The molecule has 1 aromatic carbocycles. The van der Waals surface area contributed by atoms with E-state index in [0.29, 0.717) is 43.4 Å². The third kappa shape index (κ3) is 3.24. The molecule has 3 rings (SSSR count). The van der Waals surface area contributed by atoms with Gasteiger partial charge >= 0.3 is 0 Å². The van der Waals surface area contributed by atoms with E-state index < -0.39 is 9.84 Å².